The second-order valence-corrected chi connectivity index (χ2v) is 7.45. The Bertz CT molecular complexity index is 340. The van der Waals surface area contributed by atoms with E-state index in [1.165, 1.54) is 0 Å². The lowest BCUT2D eigenvalue weighted by Crippen LogP contribution is -2.41. The molecule has 0 bridgehead atoms. The van der Waals surface area contributed by atoms with Gasteiger partial charge < -0.3 is 9.64 Å². The summed E-state index contributed by atoms with van der Waals surface area (Å²) < 4.78 is 30.8. The van der Waals surface area contributed by atoms with Gasteiger partial charge in [-0.2, -0.15) is 0 Å². The predicted octanol–water partition coefficient (Wildman–Crippen LogP) is 2.42. The van der Waals surface area contributed by atoms with Crippen LogP contribution in [0.2, 0.25) is 0 Å². The summed E-state index contributed by atoms with van der Waals surface area (Å²) in [5.41, 5.74) is -0.497. The number of piperidine rings is 1. The Morgan fingerprint density at radius 1 is 1.32 bits per heavy atom. The molecule has 0 unspecified atom stereocenters. The Balaban J connectivity index is 2.41. The number of alkyl halides is 2. The van der Waals surface area contributed by atoms with E-state index in [1.54, 1.807) is 11.0 Å². The van der Waals surface area contributed by atoms with Crippen molar-refractivity contribution in [2.45, 2.75) is 44.0 Å². The second-order valence-electron chi connectivity index (χ2n) is 6.12. The van der Waals surface area contributed by atoms with E-state index < -0.39 is 10.4 Å². The summed E-state index contributed by atoms with van der Waals surface area (Å²) in [5.74, 6) is 0.138. The first-order chi connectivity index (χ1) is 8.57. The van der Waals surface area contributed by atoms with E-state index in [0.717, 1.165) is 6.08 Å². The normalized spacial score (nSPS) is 18.9. The Morgan fingerprint density at radius 2 is 1.84 bits per heavy atom. The molecule has 0 aromatic carbocycles. The third-order valence-corrected chi connectivity index (χ3v) is 3.19. The van der Waals surface area contributed by atoms with Crippen molar-refractivity contribution in [3.8, 4) is 0 Å². The molecule has 0 saturated carbocycles. The SMILES string of the molecule is CC(C)(C)OC(=O)N1CCC(/C=C\[C](F)(F)[AlH2])CC1. The molecule has 3 nitrogen and oxygen atoms in total. The van der Waals surface area contributed by atoms with Crippen LogP contribution in [0.5, 0.6) is 0 Å². The summed E-state index contributed by atoms with van der Waals surface area (Å²) in [4.78, 5) is 10.8. The number of halogens is 2. The van der Waals surface area contributed by atoms with Crippen molar-refractivity contribution in [1.29, 1.82) is 0 Å². The maximum Gasteiger partial charge on any atom is 0.410 e. The van der Waals surface area contributed by atoms with Crippen molar-refractivity contribution < 1.29 is 18.3 Å². The van der Waals surface area contributed by atoms with E-state index in [2.05, 4.69) is 0 Å². The van der Waals surface area contributed by atoms with E-state index in [1.807, 2.05) is 20.8 Å². The van der Waals surface area contributed by atoms with E-state index >= 15 is 0 Å². The third kappa shape index (κ3) is 6.93. The summed E-state index contributed by atoms with van der Waals surface area (Å²) in [5, 5.41) is 0. The maximum atomic E-state index is 12.8. The average molecular weight is 289 g/mol. The minimum absolute atomic E-state index is 0.138. The number of likely N-dealkylation sites (tertiary alicyclic amines) is 1. The van der Waals surface area contributed by atoms with Gasteiger partial charge in [0.25, 0.3) is 0 Å². The van der Waals surface area contributed by atoms with Gasteiger partial charge in [-0.25, -0.2) is 13.6 Å². The number of hydrogen-bond acceptors (Lipinski definition) is 2. The Kier molecular flexibility index (Phi) is 5.40. The number of carbonyl (C=O) groups is 1. The van der Waals surface area contributed by atoms with Crippen LogP contribution in [0.1, 0.15) is 33.6 Å². The highest BCUT2D eigenvalue weighted by Gasteiger charge is 2.26. The van der Waals surface area contributed by atoms with Crippen LogP contribution >= 0.6 is 0 Å². The maximum absolute atomic E-state index is 12.8. The highest BCUT2D eigenvalue weighted by molar-refractivity contribution is 6.14. The Morgan fingerprint density at radius 3 is 2.26 bits per heavy atom. The summed E-state index contributed by atoms with van der Waals surface area (Å²) in [6.45, 7) is 6.61. The number of carbonyl (C=O) groups excluding carboxylic acids is 1. The van der Waals surface area contributed by atoms with Crippen molar-refractivity contribution in [3.63, 3.8) is 0 Å². The standard InChI is InChI=1S/C13H20F2NO2.Al.2H/c1-13(2,3)18-12(17)16-8-6-10(7-9-16)4-5-11(14)15;;;/h4-5,10H,6-9H2,1-3H3;;;/b5-4-;;;. The molecule has 108 valence electrons. The van der Waals surface area contributed by atoms with Gasteiger partial charge in [0.05, 0.1) is 0 Å². The smallest absolute Gasteiger partial charge is 0.410 e. The van der Waals surface area contributed by atoms with Crippen LogP contribution in [-0.4, -0.2) is 50.8 Å². The van der Waals surface area contributed by atoms with Crippen molar-refractivity contribution in [2.75, 3.05) is 13.1 Å². The van der Waals surface area contributed by atoms with Gasteiger partial charge in [0.1, 0.15) is 5.60 Å². The van der Waals surface area contributed by atoms with Crippen LogP contribution in [0, 0.1) is 5.92 Å². The summed E-state index contributed by atoms with van der Waals surface area (Å²) >= 11 is -0.159. The Hall–Kier alpha value is -0.598. The lowest BCUT2D eigenvalue weighted by atomic mass is 9.96. The zero-order valence-corrected chi connectivity index (χ0v) is 14.1. The van der Waals surface area contributed by atoms with Gasteiger partial charge in [-0.3, -0.25) is 0 Å². The van der Waals surface area contributed by atoms with E-state index in [9.17, 15) is 13.6 Å². The van der Waals surface area contributed by atoms with Gasteiger partial charge in [0.15, 0.2) is 4.78 Å². The molecule has 1 fully saturated rings. The minimum atomic E-state index is -2.62. The van der Waals surface area contributed by atoms with E-state index in [4.69, 9.17) is 4.74 Å². The molecule has 0 radical (unpaired) electrons. The molecular formula is C13H22AlF2NO2. The topological polar surface area (TPSA) is 29.5 Å². The fraction of sp³-hybridized carbons (Fsp3) is 0.769. The first kappa shape index (κ1) is 16.5. The molecule has 1 aliphatic heterocycles. The van der Waals surface area contributed by atoms with Gasteiger partial charge in [0.2, 0.25) is 0 Å². The lowest BCUT2D eigenvalue weighted by molar-refractivity contribution is 0.0196. The van der Waals surface area contributed by atoms with Gasteiger partial charge in [0, 0.05) is 13.1 Å². The number of rotatable bonds is 2. The summed E-state index contributed by atoms with van der Waals surface area (Å²) in [7, 11) is 0. The van der Waals surface area contributed by atoms with Crippen LogP contribution in [0.25, 0.3) is 0 Å². The second kappa shape index (κ2) is 6.24. The van der Waals surface area contributed by atoms with Crippen LogP contribution in [-0.2, 0) is 4.74 Å². The number of amides is 1. The highest BCUT2D eigenvalue weighted by Crippen LogP contribution is 2.22. The van der Waals surface area contributed by atoms with Gasteiger partial charge >= 0.3 is 22.4 Å². The van der Waals surface area contributed by atoms with Crippen molar-refractivity contribution in [1.82, 2.24) is 4.90 Å². The molecule has 1 aliphatic rings. The number of allylic oxidation sites excluding steroid dienone is 2. The van der Waals surface area contributed by atoms with E-state index in [-0.39, 0.29) is 28.3 Å². The molecule has 1 rings (SSSR count). The average Bonchev–Trinajstić information content (AvgIpc) is 2.23. The number of nitrogens with zero attached hydrogens (tertiary/aromatic N) is 1. The molecule has 0 aromatic heterocycles. The zero-order chi connectivity index (χ0) is 14.7. The third-order valence-electron chi connectivity index (χ3n) is 2.85. The summed E-state index contributed by atoms with van der Waals surface area (Å²) in [6, 6.07) is 0. The first-order valence-corrected chi connectivity index (χ1v) is 7.62. The number of hydrogen-bond donors (Lipinski definition) is 0. The summed E-state index contributed by atoms with van der Waals surface area (Å²) in [6.07, 6.45) is 3.72. The van der Waals surface area contributed by atoms with E-state index in [0.29, 0.717) is 25.9 Å². The molecule has 1 amide bonds. The predicted molar refractivity (Wildman–Crippen MR) is 73.2 cm³/mol. The highest BCUT2D eigenvalue weighted by atomic mass is 27.0. The molecule has 0 N–H and O–H groups in total. The molecule has 0 atom stereocenters. The van der Waals surface area contributed by atoms with Crippen LogP contribution in [0.3, 0.4) is 0 Å². The van der Waals surface area contributed by atoms with Gasteiger partial charge in [-0.1, -0.05) is 6.08 Å². The molecule has 1 heterocycles. The van der Waals surface area contributed by atoms with Gasteiger partial charge in [-0.15, -0.1) is 0 Å². The van der Waals surface area contributed by atoms with Crippen molar-refractivity contribution in [3.05, 3.63) is 12.2 Å². The quantitative estimate of drug-likeness (QED) is 0.577. The molecular weight excluding hydrogens is 267 g/mol. The fourth-order valence-corrected chi connectivity index (χ4v) is 2.10. The molecule has 6 heteroatoms. The molecule has 0 spiro atoms. The molecule has 1 saturated heterocycles. The minimum Gasteiger partial charge on any atom is -0.444 e. The van der Waals surface area contributed by atoms with Crippen LogP contribution < -0.4 is 0 Å². The van der Waals surface area contributed by atoms with Crippen LogP contribution in [0.4, 0.5) is 13.6 Å². The molecule has 0 aromatic rings. The lowest BCUT2D eigenvalue weighted by Gasteiger charge is -2.32. The monoisotopic (exact) mass is 289 g/mol. The van der Waals surface area contributed by atoms with Crippen molar-refractivity contribution >= 4 is 22.4 Å². The molecule has 0 aliphatic carbocycles. The largest absolute Gasteiger partial charge is 0.444 e. The first-order valence-electron chi connectivity index (χ1n) is 6.62. The van der Waals surface area contributed by atoms with Crippen LogP contribution in [0.15, 0.2) is 12.2 Å². The Labute approximate surface area is 121 Å². The molecule has 19 heavy (non-hydrogen) atoms. The zero-order valence-electron chi connectivity index (χ0n) is 12.1. The fourth-order valence-electron chi connectivity index (χ4n) is 1.91. The van der Waals surface area contributed by atoms with Gasteiger partial charge in [-0.05, 0) is 45.6 Å². The van der Waals surface area contributed by atoms with Crippen molar-refractivity contribution in [2.24, 2.45) is 5.92 Å². The number of ether oxygens (including phenoxy) is 1.